The number of amides is 3. The first-order valence-corrected chi connectivity index (χ1v) is 9.07. The van der Waals surface area contributed by atoms with E-state index in [1.165, 1.54) is 0 Å². The molecule has 146 valence electrons. The third-order valence-corrected chi connectivity index (χ3v) is 4.42. The van der Waals surface area contributed by atoms with Crippen LogP contribution in [-0.2, 0) is 17.8 Å². The smallest absolute Gasteiger partial charge is 0.325 e. The van der Waals surface area contributed by atoms with Crippen LogP contribution in [0.5, 0.6) is 0 Å². The van der Waals surface area contributed by atoms with E-state index in [-0.39, 0.29) is 30.2 Å². The van der Waals surface area contributed by atoms with E-state index in [1.807, 2.05) is 60.7 Å². The second kappa shape index (κ2) is 7.93. The summed E-state index contributed by atoms with van der Waals surface area (Å²) < 4.78 is 0. The number of carbonyl (C=O) groups excluding carboxylic acids is 2. The third-order valence-electron chi connectivity index (χ3n) is 4.42. The molecule has 9 heteroatoms. The number of benzene rings is 2. The Balaban J connectivity index is 1.48. The molecule has 0 unspecified atom stereocenters. The summed E-state index contributed by atoms with van der Waals surface area (Å²) in [6.45, 7) is -0.0911. The molecule has 0 radical (unpaired) electrons. The standard InChI is InChI=1S/C20H19N7O2/c21-18-24-16(25-19(26-18)22-14-9-5-2-6-10-14)12-27-17(28)15(23-20(27)29)11-13-7-3-1-4-8-13/h1-10,15H,11-12H2,(H,23,29)(H3,21,22,24,25,26)/t15-/m0/s1. The van der Waals surface area contributed by atoms with Crippen molar-refractivity contribution in [2.24, 2.45) is 0 Å². The van der Waals surface area contributed by atoms with Crippen LogP contribution in [0, 0.1) is 0 Å². The third kappa shape index (κ3) is 4.29. The number of nitrogen functional groups attached to an aromatic ring is 1. The number of nitrogens with zero attached hydrogens (tertiary/aromatic N) is 4. The first kappa shape index (κ1) is 18.4. The SMILES string of the molecule is Nc1nc(CN2C(=O)N[C@@H](Cc3ccccc3)C2=O)nc(Nc2ccccc2)n1. The fourth-order valence-corrected chi connectivity index (χ4v) is 3.07. The van der Waals surface area contributed by atoms with E-state index in [4.69, 9.17) is 5.73 Å². The molecule has 1 fully saturated rings. The molecule has 1 saturated heterocycles. The van der Waals surface area contributed by atoms with Gasteiger partial charge in [-0.3, -0.25) is 9.69 Å². The Kier molecular flexibility index (Phi) is 5.02. The van der Waals surface area contributed by atoms with E-state index in [9.17, 15) is 9.59 Å². The largest absolute Gasteiger partial charge is 0.368 e. The van der Waals surface area contributed by atoms with Crippen molar-refractivity contribution in [1.29, 1.82) is 0 Å². The maximum Gasteiger partial charge on any atom is 0.325 e. The van der Waals surface area contributed by atoms with Gasteiger partial charge in [-0.2, -0.15) is 15.0 Å². The zero-order chi connectivity index (χ0) is 20.2. The molecule has 0 bridgehead atoms. The molecule has 1 aliphatic heterocycles. The van der Waals surface area contributed by atoms with Crippen molar-refractivity contribution in [3.05, 3.63) is 72.1 Å². The Bertz CT molecular complexity index is 1030. The van der Waals surface area contributed by atoms with Gasteiger partial charge in [0, 0.05) is 12.1 Å². The molecule has 0 aliphatic carbocycles. The van der Waals surface area contributed by atoms with E-state index >= 15 is 0 Å². The van der Waals surface area contributed by atoms with Crippen molar-refractivity contribution in [1.82, 2.24) is 25.2 Å². The van der Waals surface area contributed by atoms with Crippen molar-refractivity contribution in [3.63, 3.8) is 0 Å². The summed E-state index contributed by atoms with van der Waals surface area (Å²) in [7, 11) is 0. The van der Waals surface area contributed by atoms with Crippen LogP contribution in [-0.4, -0.2) is 37.8 Å². The number of nitrogens with two attached hydrogens (primary N) is 1. The number of urea groups is 1. The van der Waals surface area contributed by atoms with Crippen LogP contribution in [0.4, 0.5) is 22.4 Å². The molecule has 2 aromatic carbocycles. The molecular formula is C20H19N7O2. The Morgan fingerprint density at radius 2 is 1.66 bits per heavy atom. The fraction of sp³-hybridized carbons (Fsp3) is 0.150. The van der Waals surface area contributed by atoms with Gasteiger partial charge in [0.15, 0.2) is 5.82 Å². The lowest BCUT2D eigenvalue weighted by Crippen LogP contribution is -2.32. The number of para-hydroxylation sites is 1. The molecule has 3 aromatic rings. The molecule has 2 heterocycles. The summed E-state index contributed by atoms with van der Waals surface area (Å²) in [4.78, 5) is 38.5. The van der Waals surface area contributed by atoms with Gasteiger partial charge in [0.2, 0.25) is 11.9 Å². The fourth-order valence-electron chi connectivity index (χ4n) is 3.07. The number of imide groups is 1. The normalized spacial score (nSPS) is 16.0. The Morgan fingerprint density at radius 1 is 0.966 bits per heavy atom. The summed E-state index contributed by atoms with van der Waals surface area (Å²) in [6.07, 6.45) is 0.419. The highest BCUT2D eigenvalue weighted by Crippen LogP contribution is 2.16. The van der Waals surface area contributed by atoms with Crippen LogP contribution in [0.15, 0.2) is 60.7 Å². The first-order valence-electron chi connectivity index (χ1n) is 9.07. The average Bonchev–Trinajstić information content (AvgIpc) is 2.96. The minimum atomic E-state index is -0.619. The van der Waals surface area contributed by atoms with Gasteiger partial charge in [-0.05, 0) is 17.7 Å². The minimum Gasteiger partial charge on any atom is -0.368 e. The molecule has 1 atom stereocenters. The lowest BCUT2D eigenvalue weighted by molar-refractivity contribution is -0.127. The zero-order valence-electron chi connectivity index (χ0n) is 15.4. The van der Waals surface area contributed by atoms with E-state index in [2.05, 4.69) is 25.6 Å². The average molecular weight is 389 g/mol. The molecule has 29 heavy (non-hydrogen) atoms. The predicted molar refractivity (Wildman–Crippen MR) is 107 cm³/mol. The summed E-state index contributed by atoms with van der Waals surface area (Å²) in [5, 5.41) is 5.74. The summed E-state index contributed by atoms with van der Waals surface area (Å²) >= 11 is 0. The van der Waals surface area contributed by atoms with Crippen LogP contribution in [0.25, 0.3) is 0 Å². The van der Waals surface area contributed by atoms with Gasteiger partial charge in [0.25, 0.3) is 5.91 Å². The Morgan fingerprint density at radius 3 is 2.38 bits per heavy atom. The van der Waals surface area contributed by atoms with E-state index < -0.39 is 12.1 Å². The number of hydrogen-bond donors (Lipinski definition) is 3. The number of carbonyl (C=O) groups is 2. The van der Waals surface area contributed by atoms with Crippen molar-refractivity contribution in [2.45, 2.75) is 19.0 Å². The molecule has 1 aliphatic rings. The van der Waals surface area contributed by atoms with Gasteiger partial charge < -0.3 is 16.4 Å². The Hall–Kier alpha value is -4.01. The van der Waals surface area contributed by atoms with Crippen LogP contribution in [0.3, 0.4) is 0 Å². The van der Waals surface area contributed by atoms with E-state index in [0.717, 1.165) is 16.2 Å². The van der Waals surface area contributed by atoms with Crippen molar-refractivity contribution < 1.29 is 9.59 Å². The number of hydrogen-bond acceptors (Lipinski definition) is 7. The molecule has 0 saturated carbocycles. The highest BCUT2D eigenvalue weighted by atomic mass is 16.2. The summed E-state index contributed by atoms with van der Waals surface area (Å²) in [6, 6.07) is 17.7. The molecule has 4 rings (SSSR count). The van der Waals surface area contributed by atoms with Crippen LogP contribution >= 0.6 is 0 Å². The van der Waals surface area contributed by atoms with Crippen LogP contribution < -0.4 is 16.4 Å². The second-order valence-electron chi connectivity index (χ2n) is 6.54. The zero-order valence-corrected chi connectivity index (χ0v) is 15.4. The molecular weight excluding hydrogens is 370 g/mol. The minimum absolute atomic E-state index is 0.00122. The molecule has 3 amide bonds. The molecule has 1 aromatic heterocycles. The van der Waals surface area contributed by atoms with Gasteiger partial charge in [-0.25, -0.2) is 4.79 Å². The highest BCUT2D eigenvalue weighted by molar-refractivity contribution is 6.04. The topological polar surface area (TPSA) is 126 Å². The van der Waals surface area contributed by atoms with Crippen LogP contribution in [0.2, 0.25) is 0 Å². The van der Waals surface area contributed by atoms with Gasteiger partial charge in [-0.15, -0.1) is 0 Å². The van der Waals surface area contributed by atoms with Crippen molar-refractivity contribution in [2.75, 3.05) is 11.1 Å². The van der Waals surface area contributed by atoms with E-state index in [0.29, 0.717) is 6.42 Å². The maximum atomic E-state index is 12.7. The molecule has 0 spiro atoms. The summed E-state index contributed by atoms with van der Waals surface area (Å²) in [5.74, 6) is 0.142. The predicted octanol–water partition coefficient (Wildman–Crippen LogP) is 1.86. The highest BCUT2D eigenvalue weighted by Gasteiger charge is 2.38. The maximum absolute atomic E-state index is 12.7. The lowest BCUT2D eigenvalue weighted by atomic mass is 10.1. The second-order valence-corrected chi connectivity index (χ2v) is 6.54. The summed E-state index contributed by atoms with van der Waals surface area (Å²) in [5.41, 5.74) is 7.52. The van der Waals surface area contributed by atoms with Gasteiger partial charge >= 0.3 is 6.03 Å². The lowest BCUT2D eigenvalue weighted by Gasteiger charge is -2.13. The Labute approximate surface area is 167 Å². The monoisotopic (exact) mass is 389 g/mol. The number of anilines is 3. The van der Waals surface area contributed by atoms with Crippen LogP contribution in [0.1, 0.15) is 11.4 Å². The first-order chi connectivity index (χ1) is 14.1. The number of rotatable bonds is 6. The van der Waals surface area contributed by atoms with Gasteiger partial charge in [0.1, 0.15) is 6.04 Å². The van der Waals surface area contributed by atoms with E-state index in [1.54, 1.807) is 0 Å². The number of nitrogens with one attached hydrogen (secondary N) is 2. The van der Waals surface area contributed by atoms with Gasteiger partial charge in [0.05, 0.1) is 6.54 Å². The quantitative estimate of drug-likeness (QED) is 0.549. The van der Waals surface area contributed by atoms with Crippen molar-refractivity contribution in [3.8, 4) is 0 Å². The molecule has 4 N–H and O–H groups in total. The van der Waals surface area contributed by atoms with Crippen molar-refractivity contribution >= 4 is 29.5 Å². The molecule has 9 nitrogen and oxygen atoms in total. The van der Waals surface area contributed by atoms with Gasteiger partial charge in [-0.1, -0.05) is 48.5 Å². The number of aromatic nitrogens is 3.